The van der Waals surface area contributed by atoms with Gasteiger partial charge in [0, 0.05) is 60.7 Å². The Bertz CT molecular complexity index is 1930. The molecule has 54 heavy (non-hydrogen) atoms. The molecule has 2 fully saturated rings. The molecule has 1 unspecified atom stereocenters. The van der Waals surface area contributed by atoms with E-state index in [9.17, 15) is 19.6 Å². The summed E-state index contributed by atoms with van der Waals surface area (Å²) in [5.41, 5.74) is -1.81. The third-order valence-corrected chi connectivity index (χ3v) is 10.3. The summed E-state index contributed by atoms with van der Waals surface area (Å²) in [6.45, 7) is 8.31. The van der Waals surface area contributed by atoms with Crippen molar-refractivity contribution >= 4 is 41.0 Å². The molecule has 0 aromatic heterocycles. The maximum atomic E-state index is 16.1. The first-order valence-electron chi connectivity index (χ1n) is 17.6. The molecule has 0 bridgehead atoms. The zero-order chi connectivity index (χ0) is 39.4. The average molecular weight is 787 g/mol. The van der Waals surface area contributed by atoms with Gasteiger partial charge < -0.3 is 29.6 Å². The van der Waals surface area contributed by atoms with Crippen LogP contribution in [0.5, 0.6) is 5.75 Å². The summed E-state index contributed by atoms with van der Waals surface area (Å²) < 4.78 is 53.4. The topological polar surface area (TPSA) is 136 Å². The second kappa shape index (κ2) is 17.0. The van der Waals surface area contributed by atoms with Crippen molar-refractivity contribution in [3.8, 4) is 11.8 Å². The third kappa shape index (κ3) is 8.98. The number of amides is 1. The fraction of sp³-hybridized carbons (Fsp3) is 0.450. The van der Waals surface area contributed by atoms with Crippen molar-refractivity contribution in [2.75, 3.05) is 20.3 Å². The van der Waals surface area contributed by atoms with Crippen LogP contribution in [-0.4, -0.2) is 62.6 Å². The Labute approximate surface area is 323 Å². The number of rotatable bonds is 11. The van der Waals surface area contributed by atoms with Gasteiger partial charge in [0.25, 0.3) is 0 Å². The van der Waals surface area contributed by atoms with E-state index in [-0.39, 0.29) is 44.9 Å². The molecular weight excluding hydrogens is 743 g/mol. The molecule has 0 spiro atoms. The summed E-state index contributed by atoms with van der Waals surface area (Å²) in [5, 5.41) is 17.1. The van der Waals surface area contributed by atoms with E-state index in [1.807, 2.05) is 20.8 Å². The van der Waals surface area contributed by atoms with E-state index in [2.05, 4.69) is 16.7 Å². The number of methoxy groups -OCH3 is 1. The van der Waals surface area contributed by atoms with Crippen LogP contribution < -0.4 is 15.4 Å². The van der Waals surface area contributed by atoms with Gasteiger partial charge in [-0.05, 0) is 60.6 Å². The molecule has 5 atom stereocenters. The highest BCUT2D eigenvalue weighted by atomic mass is 35.5. The van der Waals surface area contributed by atoms with Crippen molar-refractivity contribution in [1.82, 2.24) is 10.6 Å². The molecule has 5 rings (SSSR count). The first-order chi connectivity index (χ1) is 25.6. The Kier molecular flexibility index (Phi) is 12.9. The van der Waals surface area contributed by atoms with Crippen molar-refractivity contribution in [2.24, 2.45) is 5.41 Å². The number of benzene rings is 3. The Morgan fingerprint density at radius 3 is 2.44 bits per heavy atom. The Morgan fingerprint density at radius 1 is 1.07 bits per heavy atom. The van der Waals surface area contributed by atoms with E-state index in [0.717, 1.165) is 6.07 Å². The van der Waals surface area contributed by atoms with Crippen LogP contribution in [0.1, 0.15) is 79.9 Å². The first-order valence-corrected chi connectivity index (χ1v) is 18.4. The monoisotopic (exact) mass is 785 g/mol. The van der Waals surface area contributed by atoms with Gasteiger partial charge in [-0.25, -0.2) is 18.4 Å². The fourth-order valence-electron chi connectivity index (χ4n) is 7.36. The van der Waals surface area contributed by atoms with Crippen LogP contribution in [0.15, 0.2) is 54.6 Å². The van der Waals surface area contributed by atoms with Crippen LogP contribution in [0.3, 0.4) is 0 Å². The predicted octanol–water partition coefficient (Wildman–Crippen LogP) is 7.82. The second-order valence-electron chi connectivity index (χ2n) is 14.8. The maximum Gasteiger partial charge on any atom is 0.410 e. The molecule has 14 heteroatoms. The number of alkyl carbamates (subject to hydrolysis) is 1. The minimum Gasteiger partial charge on any atom is -0.496 e. The predicted molar refractivity (Wildman–Crippen MR) is 198 cm³/mol. The van der Waals surface area contributed by atoms with Crippen molar-refractivity contribution in [1.29, 1.82) is 5.26 Å². The van der Waals surface area contributed by atoms with E-state index in [1.54, 1.807) is 0 Å². The number of Topliss-reactive ketones (excluding diaryl/α,β-unsaturated/α-hetero) is 1. The highest BCUT2D eigenvalue weighted by molar-refractivity contribution is 6.31. The van der Waals surface area contributed by atoms with Gasteiger partial charge in [0.05, 0.1) is 29.8 Å². The number of carbonyl (C=O) groups excluding carboxylic acids is 3. The number of ether oxygens (including phenoxy) is 4. The SMILES string of the molecule is COc1cc(C(=O)OC(C)OC(=O)NC2CCOCC2)ccc1CC(=O)[C@@H]1N[C@@H](CC(C)(C)C)[C@](C#N)(c2ccc(Cl)cc2F)[C@H]1c1cccc(Cl)c1F. The van der Waals surface area contributed by atoms with Crippen LogP contribution >= 0.6 is 23.2 Å². The summed E-state index contributed by atoms with van der Waals surface area (Å²) in [7, 11) is 1.37. The number of esters is 1. The van der Waals surface area contributed by atoms with Crippen molar-refractivity contribution in [2.45, 2.75) is 89.1 Å². The number of hydrogen-bond donors (Lipinski definition) is 2. The van der Waals surface area contributed by atoms with Crippen LogP contribution in [0.4, 0.5) is 13.6 Å². The number of hydrogen-bond acceptors (Lipinski definition) is 9. The molecule has 1 amide bonds. The summed E-state index contributed by atoms with van der Waals surface area (Å²) >= 11 is 12.4. The van der Waals surface area contributed by atoms with Gasteiger partial charge in [0.15, 0.2) is 5.78 Å². The Morgan fingerprint density at radius 2 is 1.80 bits per heavy atom. The smallest absolute Gasteiger partial charge is 0.410 e. The molecule has 2 heterocycles. The van der Waals surface area contributed by atoms with Gasteiger partial charge >= 0.3 is 12.1 Å². The molecule has 2 N–H and O–H groups in total. The first kappa shape index (κ1) is 40.9. The molecular formula is C40H43Cl2F2N3O7. The van der Waals surface area contributed by atoms with E-state index in [1.165, 1.54) is 62.6 Å². The van der Waals surface area contributed by atoms with Gasteiger partial charge in [-0.2, -0.15) is 5.26 Å². The number of nitrogens with one attached hydrogen (secondary N) is 2. The number of carbonyl (C=O) groups is 3. The van der Waals surface area contributed by atoms with E-state index in [4.69, 9.17) is 42.1 Å². The quantitative estimate of drug-likeness (QED) is 0.147. The zero-order valence-corrected chi connectivity index (χ0v) is 32.2. The van der Waals surface area contributed by atoms with Crippen LogP contribution in [-0.2, 0) is 30.8 Å². The summed E-state index contributed by atoms with van der Waals surface area (Å²) in [5.74, 6) is -3.91. The van der Waals surface area contributed by atoms with E-state index < -0.39 is 64.6 Å². The van der Waals surface area contributed by atoms with E-state index in [0.29, 0.717) is 38.0 Å². The average Bonchev–Trinajstić information content (AvgIpc) is 3.42. The van der Waals surface area contributed by atoms with Gasteiger partial charge in [-0.15, -0.1) is 0 Å². The summed E-state index contributed by atoms with van der Waals surface area (Å²) in [6.07, 6.45) is -0.615. The highest BCUT2D eigenvalue weighted by Gasteiger charge is 2.61. The molecule has 0 saturated carbocycles. The van der Waals surface area contributed by atoms with Gasteiger partial charge in [-0.1, -0.05) is 68.2 Å². The molecule has 3 aromatic carbocycles. The van der Waals surface area contributed by atoms with Crippen molar-refractivity contribution < 1.29 is 42.1 Å². The van der Waals surface area contributed by atoms with Crippen molar-refractivity contribution in [3.63, 3.8) is 0 Å². The largest absolute Gasteiger partial charge is 0.496 e. The van der Waals surface area contributed by atoms with Crippen LogP contribution in [0.2, 0.25) is 10.0 Å². The lowest BCUT2D eigenvalue weighted by molar-refractivity contribution is -0.120. The maximum absolute atomic E-state index is 16.1. The normalized spacial score (nSPS) is 22.2. The molecule has 0 radical (unpaired) electrons. The minimum atomic E-state index is -1.79. The third-order valence-electron chi connectivity index (χ3n) is 9.77. The van der Waals surface area contributed by atoms with E-state index >= 15 is 8.78 Å². The number of halogens is 4. The second-order valence-corrected chi connectivity index (χ2v) is 15.6. The summed E-state index contributed by atoms with van der Waals surface area (Å²) in [4.78, 5) is 39.9. The fourth-order valence-corrected chi connectivity index (χ4v) is 7.70. The van der Waals surface area contributed by atoms with Crippen LogP contribution in [0.25, 0.3) is 0 Å². The standard InChI is InChI=1S/C40H43Cl2F2N3O7/c1-22(54-38(50)46-26-13-15-52-16-14-26)53-37(49)24-10-9-23(32(18-24)51-5)17-31(48)36-34(27-7-6-8-29(42)35(27)44)40(21-45,33(47-36)20-39(2,3)4)28-12-11-25(41)19-30(28)43/h6-12,18-19,22,26,33-34,36,47H,13-17,20H2,1-5H3,(H,46,50)/t22?,33-,34-,36-,40-/m0/s1. The molecule has 2 saturated heterocycles. The highest BCUT2D eigenvalue weighted by Crippen LogP contribution is 2.53. The molecule has 10 nitrogen and oxygen atoms in total. The Hall–Kier alpha value is -4.28. The van der Waals surface area contributed by atoms with Crippen molar-refractivity contribution in [3.05, 3.63) is 98.5 Å². The minimum absolute atomic E-state index is 0.0245. The molecule has 0 aliphatic carbocycles. The Balaban J connectivity index is 1.44. The summed E-state index contributed by atoms with van der Waals surface area (Å²) in [6, 6.07) is 12.8. The molecule has 2 aliphatic rings. The molecule has 288 valence electrons. The van der Waals surface area contributed by atoms with Gasteiger partial charge in [0.1, 0.15) is 22.8 Å². The number of ketones is 1. The zero-order valence-electron chi connectivity index (χ0n) is 30.6. The lowest BCUT2D eigenvalue weighted by atomic mass is 9.62. The molecule has 3 aromatic rings. The number of nitrogens with zero attached hydrogens (tertiary/aromatic N) is 1. The van der Waals surface area contributed by atoms with Gasteiger partial charge in [0.2, 0.25) is 6.29 Å². The lowest BCUT2D eigenvalue weighted by Gasteiger charge is -2.37. The van der Waals surface area contributed by atoms with Gasteiger partial charge in [-0.3, -0.25) is 4.79 Å². The number of nitriles is 1. The lowest BCUT2D eigenvalue weighted by Crippen LogP contribution is -2.44. The molecule has 2 aliphatic heterocycles. The van der Waals surface area contributed by atoms with Crippen LogP contribution in [0, 0.1) is 28.4 Å².